The van der Waals surface area contributed by atoms with Crippen LogP contribution in [0.3, 0.4) is 0 Å². The van der Waals surface area contributed by atoms with Gasteiger partial charge in [0, 0.05) is 6.54 Å². The van der Waals surface area contributed by atoms with E-state index in [0.717, 1.165) is 0 Å². The molecular weight excluding hydrogens is 222 g/mol. The van der Waals surface area contributed by atoms with Crippen LogP contribution in [0.15, 0.2) is 12.1 Å². The lowest BCUT2D eigenvalue weighted by Crippen LogP contribution is -2.31. The number of amides is 1. The number of carbonyl (C=O) groups is 1. The van der Waals surface area contributed by atoms with Crippen LogP contribution in [0.2, 0.25) is 4.34 Å². The molecule has 1 rings (SSSR count). The molecule has 14 heavy (non-hydrogen) atoms. The lowest BCUT2D eigenvalue weighted by molar-refractivity contribution is 0.0918. The predicted molar refractivity (Wildman–Crippen MR) is 58.0 cm³/mol. The highest BCUT2D eigenvalue weighted by Gasteiger charge is 2.09. The third-order valence-corrected chi connectivity index (χ3v) is 3.00. The van der Waals surface area contributed by atoms with Crippen LogP contribution in [0.4, 0.5) is 0 Å². The number of thiophene rings is 1. The topological polar surface area (TPSA) is 49.3 Å². The van der Waals surface area contributed by atoms with Gasteiger partial charge in [-0.25, -0.2) is 0 Å². The van der Waals surface area contributed by atoms with Crippen molar-refractivity contribution in [1.82, 2.24) is 5.32 Å². The first kappa shape index (κ1) is 11.5. The van der Waals surface area contributed by atoms with Crippen molar-refractivity contribution in [2.75, 3.05) is 6.54 Å². The number of aliphatic hydroxyl groups excluding tert-OH is 1. The molecule has 1 amide bonds. The first-order valence-electron chi connectivity index (χ1n) is 4.35. The minimum Gasteiger partial charge on any atom is -0.391 e. The Kier molecular flexibility index (Phi) is 4.38. The number of nitrogens with one attached hydrogen (secondary N) is 1. The van der Waals surface area contributed by atoms with Crippen molar-refractivity contribution in [3.63, 3.8) is 0 Å². The summed E-state index contributed by atoms with van der Waals surface area (Å²) in [4.78, 5) is 12.0. The van der Waals surface area contributed by atoms with E-state index in [1.54, 1.807) is 12.1 Å². The predicted octanol–water partition coefficient (Wildman–Crippen LogP) is 1.90. The fourth-order valence-corrected chi connectivity index (χ4v) is 1.84. The van der Waals surface area contributed by atoms with Crippen molar-refractivity contribution in [3.8, 4) is 0 Å². The van der Waals surface area contributed by atoms with E-state index in [1.807, 2.05) is 6.92 Å². The van der Waals surface area contributed by atoms with E-state index < -0.39 is 6.10 Å². The van der Waals surface area contributed by atoms with Gasteiger partial charge in [-0.15, -0.1) is 11.3 Å². The molecule has 0 spiro atoms. The Morgan fingerprint density at radius 3 is 2.93 bits per heavy atom. The van der Waals surface area contributed by atoms with Gasteiger partial charge >= 0.3 is 0 Å². The van der Waals surface area contributed by atoms with Crippen LogP contribution in [-0.4, -0.2) is 23.7 Å². The van der Waals surface area contributed by atoms with E-state index in [-0.39, 0.29) is 12.5 Å². The van der Waals surface area contributed by atoms with Crippen LogP contribution < -0.4 is 5.32 Å². The summed E-state index contributed by atoms with van der Waals surface area (Å²) in [6.45, 7) is 2.14. The van der Waals surface area contributed by atoms with Gasteiger partial charge in [-0.3, -0.25) is 4.79 Å². The molecule has 5 heteroatoms. The zero-order valence-corrected chi connectivity index (χ0v) is 9.36. The van der Waals surface area contributed by atoms with Gasteiger partial charge in [-0.1, -0.05) is 18.5 Å². The van der Waals surface area contributed by atoms with Gasteiger partial charge in [0.05, 0.1) is 15.3 Å². The van der Waals surface area contributed by atoms with E-state index in [0.29, 0.717) is 15.6 Å². The molecule has 0 bridgehead atoms. The van der Waals surface area contributed by atoms with E-state index in [4.69, 9.17) is 11.6 Å². The largest absolute Gasteiger partial charge is 0.391 e. The Bertz CT molecular complexity index is 314. The van der Waals surface area contributed by atoms with Gasteiger partial charge in [0.1, 0.15) is 0 Å². The summed E-state index contributed by atoms with van der Waals surface area (Å²) >= 11 is 6.91. The summed E-state index contributed by atoms with van der Waals surface area (Å²) in [5.41, 5.74) is 0. The second kappa shape index (κ2) is 5.34. The molecule has 0 saturated carbocycles. The Morgan fingerprint density at radius 2 is 2.43 bits per heavy atom. The molecule has 1 heterocycles. The molecule has 0 aliphatic rings. The Labute approximate surface area is 91.7 Å². The van der Waals surface area contributed by atoms with Gasteiger partial charge in [0.2, 0.25) is 0 Å². The molecule has 1 atom stereocenters. The molecule has 0 aliphatic carbocycles. The SMILES string of the molecule is CCC(O)CNC(=O)c1ccc(Cl)s1. The maximum Gasteiger partial charge on any atom is 0.261 e. The molecule has 78 valence electrons. The smallest absolute Gasteiger partial charge is 0.261 e. The lowest BCUT2D eigenvalue weighted by Gasteiger charge is -2.07. The summed E-state index contributed by atoms with van der Waals surface area (Å²) < 4.78 is 0.589. The number of halogens is 1. The number of carbonyl (C=O) groups excluding carboxylic acids is 1. The summed E-state index contributed by atoms with van der Waals surface area (Å²) in [5, 5.41) is 11.8. The van der Waals surface area contributed by atoms with Crippen LogP contribution in [0.1, 0.15) is 23.0 Å². The fourth-order valence-electron chi connectivity index (χ4n) is 0.878. The molecule has 0 aromatic carbocycles. The average Bonchev–Trinajstić information content (AvgIpc) is 2.60. The van der Waals surface area contributed by atoms with Crippen molar-refractivity contribution in [3.05, 3.63) is 21.3 Å². The van der Waals surface area contributed by atoms with Crippen molar-refractivity contribution < 1.29 is 9.90 Å². The third-order valence-electron chi connectivity index (χ3n) is 1.77. The van der Waals surface area contributed by atoms with Gasteiger partial charge in [0.25, 0.3) is 5.91 Å². The molecule has 0 aliphatic heterocycles. The van der Waals surface area contributed by atoms with Crippen molar-refractivity contribution in [2.45, 2.75) is 19.4 Å². The molecule has 1 aromatic rings. The minimum atomic E-state index is -0.477. The number of hydrogen-bond donors (Lipinski definition) is 2. The third kappa shape index (κ3) is 3.29. The van der Waals surface area contributed by atoms with E-state index >= 15 is 0 Å². The second-order valence-electron chi connectivity index (χ2n) is 2.88. The second-order valence-corrected chi connectivity index (χ2v) is 4.59. The zero-order valence-electron chi connectivity index (χ0n) is 7.79. The molecule has 2 N–H and O–H groups in total. The zero-order chi connectivity index (χ0) is 10.6. The normalized spacial score (nSPS) is 12.5. The molecular formula is C9H12ClNO2S. The molecule has 0 radical (unpaired) electrons. The first-order chi connectivity index (χ1) is 6.63. The molecule has 0 saturated heterocycles. The van der Waals surface area contributed by atoms with Crippen LogP contribution >= 0.6 is 22.9 Å². The van der Waals surface area contributed by atoms with Crippen molar-refractivity contribution in [2.24, 2.45) is 0 Å². The van der Waals surface area contributed by atoms with Crippen LogP contribution in [0.5, 0.6) is 0 Å². The number of aliphatic hydroxyl groups is 1. The van der Waals surface area contributed by atoms with E-state index in [1.165, 1.54) is 11.3 Å². The maximum atomic E-state index is 11.4. The van der Waals surface area contributed by atoms with Gasteiger partial charge < -0.3 is 10.4 Å². The number of hydrogen-bond acceptors (Lipinski definition) is 3. The fraction of sp³-hybridized carbons (Fsp3) is 0.444. The molecule has 0 fully saturated rings. The molecule has 3 nitrogen and oxygen atoms in total. The summed E-state index contributed by atoms with van der Waals surface area (Å²) in [5.74, 6) is -0.186. The standard InChI is InChI=1S/C9H12ClNO2S/c1-2-6(12)5-11-9(13)7-3-4-8(10)14-7/h3-4,6,12H,2,5H2,1H3,(H,11,13). The summed E-state index contributed by atoms with van der Waals surface area (Å²) in [7, 11) is 0. The first-order valence-corrected chi connectivity index (χ1v) is 5.54. The Balaban J connectivity index is 2.43. The van der Waals surface area contributed by atoms with Crippen molar-refractivity contribution in [1.29, 1.82) is 0 Å². The Morgan fingerprint density at radius 1 is 1.71 bits per heavy atom. The van der Waals surface area contributed by atoms with Crippen LogP contribution in [-0.2, 0) is 0 Å². The number of rotatable bonds is 4. The highest BCUT2D eigenvalue weighted by molar-refractivity contribution is 7.17. The molecule has 1 aromatic heterocycles. The Hall–Kier alpha value is -0.580. The van der Waals surface area contributed by atoms with Gasteiger partial charge in [0.15, 0.2) is 0 Å². The summed E-state index contributed by atoms with van der Waals surface area (Å²) in [6.07, 6.45) is 0.153. The van der Waals surface area contributed by atoms with Gasteiger partial charge in [-0.05, 0) is 18.6 Å². The van der Waals surface area contributed by atoms with Crippen LogP contribution in [0, 0.1) is 0 Å². The average molecular weight is 234 g/mol. The maximum absolute atomic E-state index is 11.4. The summed E-state index contributed by atoms with van der Waals surface area (Å²) in [6, 6.07) is 3.35. The van der Waals surface area contributed by atoms with Crippen molar-refractivity contribution >= 4 is 28.8 Å². The van der Waals surface area contributed by atoms with E-state index in [9.17, 15) is 9.90 Å². The monoisotopic (exact) mass is 233 g/mol. The highest BCUT2D eigenvalue weighted by atomic mass is 35.5. The lowest BCUT2D eigenvalue weighted by atomic mass is 10.3. The quantitative estimate of drug-likeness (QED) is 0.835. The van der Waals surface area contributed by atoms with E-state index in [2.05, 4.69) is 5.32 Å². The highest BCUT2D eigenvalue weighted by Crippen LogP contribution is 2.20. The molecule has 1 unspecified atom stereocenters. The minimum absolute atomic E-state index is 0.186. The van der Waals surface area contributed by atoms with Gasteiger partial charge in [-0.2, -0.15) is 0 Å². The van der Waals surface area contributed by atoms with Crippen LogP contribution in [0.25, 0.3) is 0 Å².